The lowest BCUT2D eigenvalue weighted by molar-refractivity contribution is -0.133. The van der Waals surface area contributed by atoms with Gasteiger partial charge in [0.2, 0.25) is 5.91 Å². The smallest absolute Gasteiger partial charge is 0.325 e. The Morgan fingerprint density at radius 2 is 1.96 bits per heavy atom. The number of amides is 4. The van der Waals surface area contributed by atoms with E-state index >= 15 is 0 Å². The third kappa shape index (κ3) is 4.69. The fraction of sp³-hybridized carbons (Fsp3) is 0.526. The van der Waals surface area contributed by atoms with Crippen molar-refractivity contribution in [3.63, 3.8) is 0 Å². The predicted octanol–water partition coefficient (Wildman–Crippen LogP) is 2.39. The molecule has 1 aromatic carbocycles. The maximum Gasteiger partial charge on any atom is 0.325 e. The molecule has 1 heterocycles. The van der Waals surface area contributed by atoms with Gasteiger partial charge in [-0.2, -0.15) is 0 Å². The summed E-state index contributed by atoms with van der Waals surface area (Å²) in [5.74, 6) is 0.508. The van der Waals surface area contributed by atoms with Gasteiger partial charge < -0.3 is 20.1 Å². The van der Waals surface area contributed by atoms with Crippen molar-refractivity contribution < 1.29 is 23.9 Å². The van der Waals surface area contributed by atoms with Crippen LogP contribution in [0.15, 0.2) is 18.2 Å². The van der Waals surface area contributed by atoms with Crippen molar-refractivity contribution in [2.75, 3.05) is 26.1 Å². The van der Waals surface area contributed by atoms with Crippen molar-refractivity contribution in [3.05, 3.63) is 18.2 Å². The number of imide groups is 1. The van der Waals surface area contributed by atoms with E-state index in [-0.39, 0.29) is 12.5 Å². The second kappa shape index (κ2) is 8.28. The summed E-state index contributed by atoms with van der Waals surface area (Å²) in [4.78, 5) is 38.3. The van der Waals surface area contributed by atoms with E-state index in [1.54, 1.807) is 25.1 Å². The zero-order valence-corrected chi connectivity index (χ0v) is 16.4. The molecule has 1 aromatic rings. The third-order valence-electron chi connectivity index (χ3n) is 4.55. The van der Waals surface area contributed by atoms with Gasteiger partial charge in [0.25, 0.3) is 5.91 Å². The van der Waals surface area contributed by atoms with Crippen LogP contribution in [0.1, 0.15) is 33.6 Å². The first-order valence-corrected chi connectivity index (χ1v) is 8.86. The molecule has 2 N–H and O–H groups in total. The summed E-state index contributed by atoms with van der Waals surface area (Å²) >= 11 is 0. The number of hydrogen-bond donors (Lipinski definition) is 2. The molecule has 1 aliphatic heterocycles. The van der Waals surface area contributed by atoms with Crippen molar-refractivity contribution >= 4 is 23.5 Å². The molecule has 148 valence electrons. The normalized spacial score (nSPS) is 19.3. The number of benzene rings is 1. The molecule has 27 heavy (non-hydrogen) atoms. The Hall–Kier alpha value is -2.77. The number of methoxy groups -OCH3 is 2. The zero-order valence-electron chi connectivity index (χ0n) is 16.4. The molecule has 0 aromatic heterocycles. The number of rotatable bonds is 8. The van der Waals surface area contributed by atoms with Crippen LogP contribution in [-0.2, 0) is 9.59 Å². The Labute approximate surface area is 159 Å². The van der Waals surface area contributed by atoms with Gasteiger partial charge in [0, 0.05) is 6.07 Å². The first-order chi connectivity index (χ1) is 12.7. The van der Waals surface area contributed by atoms with E-state index in [9.17, 15) is 14.4 Å². The fourth-order valence-corrected chi connectivity index (χ4v) is 2.88. The summed E-state index contributed by atoms with van der Waals surface area (Å²) in [5.41, 5.74) is -0.577. The van der Waals surface area contributed by atoms with Crippen LogP contribution in [0, 0.1) is 5.92 Å². The molecule has 0 bridgehead atoms. The maximum absolute atomic E-state index is 12.7. The minimum atomic E-state index is -0.977. The minimum absolute atomic E-state index is 0.373. The second-order valence-corrected chi connectivity index (χ2v) is 7.20. The first-order valence-electron chi connectivity index (χ1n) is 8.86. The predicted molar refractivity (Wildman–Crippen MR) is 101 cm³/mol. The van der Waals surface area contributed by atoms with E-state index in [2.05, 4.69) is 24.5 Å². The van der Waals surface area contributed by atoms with Crippen LogP contribution < -0.4 is 20.1 Å². The van der Waals surface area contributed by atoms with Gasteiger partial charge >= 0.3 is 6.03 Å². The number of urea groups is 1. The fourth-order valence-electron chi connectivity index (χ4n) is 2.88. The summed E-state index contributed by atoms with van der Waals surface area (Å²) < 4.78 is 10.4. The van der Waals surface area contributed by atoms with Gasteiger partial charge in [0.15, 0.2) is 0 Å². The number of anilines is 1. The highest BCUT2D eigenvalue weighted by Crippen LogP contribution is 2.29. The Bertz CT molecular complexity index is 734. The molecule has 1 atom stereocenters. The summed E-state index contributed by atoms with van der Waals surface area (Å²) in [5, 5.41) is 5.37. The molecule has 4 amide bonds. The maximum atomic E-state index is 12.7. The van der Waals surface area contributed by atoms with E-state index in [4.69, 9.17) is 9.47 Å². The van der Waals surface area contributed by atoms with Gasteiger partial charge in [-0.25, -0.2) is 4.79 Å². The summed E-state index contributed by atoms with van der Waals surface area (Å²) in [6.07, 6.45) is 1.32. The molecule has 1 aliphatic rings. The average molecular weight is 377 g/mol. The van der Waals surface area contributed by atoms with Gasteiger partial charge in [0.05, 0.1) is 19.9 Å². The summed E-state index contributed by atoms with van der Waals surface area (Å²) in [6, 6.07) is 4.41. The van der Waals surface area contributed by atoms with E-state index in [1.807, 2.05) is 0 Å². The Morgan fingerprint density at radius 3 is 2.56 bits per heavy atom. The Kier molecular flexibility index (Phi) is 6.30. The number of carbonyl (C=O) groups excluding carboxylic acids is 3. The molecule has 0 radical (unpaired) electrons. The van der Waals surface area contributed by atoms with Crippen LogP contribution in [0.4, 0.5) is 10.5 Å². The average Bonchev–Trinajstić information content (AvgIpc) is 2.83. The van der Waals surface area contributed by atoms with Crippen molar-refractivity contribution in [3.8, 4) is 11.5 Å². The number of hydrogen-bond acceptors (Lipinski definition) is 5. The second-order valence-electron chi connectivity index (χ2n) is 7.20. The quantitative estimate of drug-likeness (QED) is 0.678. The van der Waals surface area contributed by atoms with E-state index < -0.39 is 17.5 Å². The van der Waals surface area contributed by atoms with Gasteiger partial charge in [-0.1, -0.05) is 13.8 Å². The molecule has 0 spiro atoms. The number of nitrogens with one attached hydrogen (secondary N) is 2. The monoisotopic (exact) mass is 377 g/mol. The highest BCUT2D eigenvalue weighted by molar-refractivity contribution is 6.10. The van der Waals surface area contributed by atoms with Gasteiger partial charge in [-0.3, -0.25) is 14.5 Å². The van der Waals surface area contributed by atoms with Crippen molar-refractivity contribution in [2.45, 2.75) is 39.2 Å². The summed E-state index contributed by atoms with van der Waals surface area (Å²) in [7, 11) is 2.99. The first kappa shape index (κ1) is 20.5. The highest BCUT2D eigenvalue weighted by atomic mass is 16.5. The standard InChI is InChI=1S/C19H27N3O5/c1-12(2)8-9-19(3)17(24)22(18(25)21-19)11-16(23)20-14-10-13(26-4)6-7-15(14)27-5/h6-7,10,12H,8-9,11H2,1-5H3,(H,20,23)(H,21,25). The molecular weight excluding hydrogens is 350 g/mol. The van der Waals surface area contributed by atoms with Crippen LogP contribution >= 0.6 is 0 Å². The SMILES string of the molecule is COc1ccc(OC)c(NC(=O)CN2C(=O)NC(C)(CCC(C)C)C2=O)c1. The zero-order chi connectivity index (χ0) is 20.2. The van der Waals surface area contributed by atoms with Crippen molar-refractivity contribution in [2.24, 2.45) is 5.92 Å². The highest BCUT2D eigenvalue weighted by Gasteiger charge is 2.47. The number of carbonyl (C=O) groups is 3. The lowest BCUT2D eigenvalue weighted by atomic mass is 9.92. The molecule has 8 heteroatoms. The van der Waals surface area contributed by atoms with Crippen LogP contribution in [-0.4, -0.2) is 49.0 Å². The molecule has 2 rings (SSSR count). The van der Waals surface area contributed by atoms with E-state index in [0.717, 1.165) is 11.3 Å². The van der Waals surface area contributed by atoms with Crippen LogP contribution in [0.2, 0.25) is 0 Å². The topological polar surface area (TPSA) is 97.0 Å². The number of nitrogens with zero attached hydrogens (tertiary/aromatic N) is 1. The Balaban J connectivity index is 2.07. The molecule has 1 fully saturated rings. The summed E-state index contributed by atoms with van der Waals surface area (Å²) in [6.45, 7) is 5.43. The lowest BCUT2D eigenvalue weighted by Gasteiger charge is -2.22. The van der Waals surface area contributed by atoms with E-state index in [0.29, 0.717) is 29.5 Å². The van der Waals surface area contributed by atoms with E-state index in [1.165, 1.54) is 14.2 Å². The Morgan fingerprint density at radius 1 is 1.26 bits per heavy atom. The largest absolute Gasteiger partial charge is 0.497 e. The van der Waals surface area contributed by atoms with Gasteiger partial charge in [-0.05, 0) is 37.8 Å². The van der Waals surface area contributed by atoms with Crippen molar-refractivity contribution in [1.29, 1.82) is 0 Å². The van der Waals surface area contributed by atoms with Crippen LogP contribution in [0.5, 0.6) is 11.5 Å². The molecule has 0 aliphatic carbocycles. The van der Waals surface area contributed by atoms with Crippen molar-refractivity contribution in [1.82, 2.24) is 10.2 Å². The third-order valence-corrected chi connectivity index (χ3v) is 4.55. The van der Waals surface area contributed by atoms with Gasteiger partial charge in [-0.15, -0.1) is 0 Å². The van der Waals surface area contributed by atoms with Crippen LogP contribution in [0.25, 0.3) is 0 Å². The molecular formula is C19H27N3O5. The molecule has 1 unspecified atom stereocenters. The lowest BCUT2D eigenvalue weighted by Crippen LogP contribution is -2.44. The molecule has 1 saturated heterocycles. The van der Waals surface area contributed by atoms with Gasteiger partial charge in [0.1, 0.15) is 23.6 Å². The molecule has 0 saturated carbocycles. The number of ether oxygens (including phenoxy) is 2. The molecule has 8 nitrogen and oxygen atoms in total. The minimum Gasteiger partial charge on any atom is -0.497 e. The van der Waals surface area contributed by atoms with Crippen LogP contribution in [0.3, 0.4) is 0 Å².